The Hall–Kier alpha value is -0.750. The Balaban J connectivity index is 2.47. The average Bonchev–Trinajstić information content (AvgIpc) is 2.48. The summed E-state index contributed by atoms with van der Waals surface area (Å²) in [6.07, 6.45) is -2.51. The molecule has 1 amide bonds. The van der Waals surface area contributed by atoms with Gasteiger partial charge in [-0.2, -0.15) is 0 Å². The van der Waals surface area contributed by atoms with E-state index in [1.165, 1.54) is 7.05 Å². The first-order valence-electron chi connectivity index (χ1n) is 4.39. The number of halogens is 2. The smallest absolute Gasteiger partial charge is 0.255 e. The summed E-state index contributed by atoms with van der Waals surface area (Å²) in [5.41, 5.74) is 5.59. The number of alkyl halides is 2. The number of amides is 1. The minimum atomic E-state index is -2.51. The second kappa shape index (κ2) is 4.65. The Morgan fingerprint density at radius 1 is 1.64 bits per heavy atom. The molecule has 1 fully saturated rings. The predicted molar refractivity (Wildman–Crippen MR) is 45.9 cm³/mol. The van der Waals surface area contributed by atoms with E-state index >= 15 is 0 Å². The summed E-state index contributed by atoms with van der Waals surface area (Å²) in [5, 5.41) is 0. The van der Waals surface area contributed by atoms with Crippen LogP contribution < -0.4 is 5.73 Å². The van der Waals surface area contributed by atoms with Gasteiger partial charge in [0.25, 0.3) is 6.43 Å². The van der Waals surface area contributed by atoms with Gasteiger partial charge < -0.3 is 15.4 Å². The van der Waals surface area contributed by atoms with E-state index in [1.807, 2.05) is 0 Å². The highest BCUT2D eigenvalue weighted by atomic mass is 19.3. The van der Waals surface area contributed by atoms with Crippen LogP contribution in [0.3, 0.4) is 0 Å². The molecule has 0 aromatic carbocycles. The molecule has 1 heterocycles. The highest BCUT2D eigenvalue weighted by molar-refractivity contribution is 5.79. The van der Waals surface area contributed by atoms with Gasteiger partial charge in [0.2, 0.25) is 5.91 Å². The maximum atomic E-state index is 12.0. The van der Waals surface area contributed by atoms with Crippen LogP contribution in [0.15, 0.2) is 0 Å². The minimum absolute atomic E-state index is 0.230. The monoisotopic (exact) mass is 208 g/mol. The van der Waals surface area contributed by atoms with Gasteiger partial charge in [0.1, 0.15) is 0 Å². The van der Waals surface area contributed by atoms with E-state index in [2.05, 4.69) is 0 Å². The lowest BCUT2D eigenvalue weighted by atomic mass is 10.0. The van der Waals surface area contributed by atoms with Gasteiger partial charge in [-0.3, -0.25) is 4.79 Å². The molecule has 6 heteroatoms. The van der Waals surface area contributed by atoms with Crippen LogP contribution in [-0.4, -0.2) is 50.1 Å². The van der Waals surface area contributed by atoms with E-state index in [0.29, 0.717) is 6.61 Å². The van der Waals surface area contributed by atoms with E-state index in [-0.39, 0.29) is 18.6 Å². The third kappa shape index (κ3) is 2.62. The first-order chi connectivity index (χ1) is 6.52. The standard InChI is InChI=1S/C8H14F2N2O2/c1-12(2-7(9)10)8(13)5-3-14-4-6(5)11/h5-7H,2-4,11H2,1H3. The average molecular weight is 208 g/mol. The highest BCUT2D eigenvalue weighted by Crippen LogP contribution is 2.14. The normalized spacial score (nSPS) is 26.9. The summed E-state index contributed by atoms with van der Waals surface area (Å²) in [7, 11) is 1.35. The Bertz CT molecular complexity index is 214. The third-order valence-corrected chi connectivity index (χ3v) is 2.23. The minimum Gasteiger partial charge on any atom is -0.379 e. The van der Waals surface area contributed by atoms with Crippen molar-refractivity contribution in [2.45, 2.75) is 12.5 Å². The molecule has 0 radical (unpaired) electrons. The molecule has 1 aliphatic rings. The second-order valence-electron chi connectivity index (χ2n) is 3.42. The molecule has 2 N–H and O–H groups in total. The van der Waals surface area contributed by atoms with Crippen molar-refractivity contribution in [2.24, 2.45) is 11.7 Å². The van der Waals surface area contributed by atoms with Crippen molar-refractivity contribution < 1.29 is 18.3 Å². The van der Waals surface area contributed by atoms with E-state index in [9.17, 15) is 13.6 Å². The van der Waals surface area contributed by atoms with Crippen LogP contribution in [0.4, 0.5) is 8.78 Å². The number of hydrogen-bond acceptors (Lipinski definition) is 3. The SMILES string of the molecule is CN(CC(F)F)C(=O)C1COCC1N. The maximum absolute atomic E-state index is 12.0. The first kappa shape index (κ1) is 11.3. The van der Waals surface area contributed by atoms with Gasteiger partial charge in [-0.05, 0) is 0 Å². The molecule has 0 bridgehead atoms. The molecule has 0 spiro atoms. The number of nitrogens with two attached hydrogens (primary N) is 1. The van der Waals surface area contributed by atoms with E-state index < -0.39 is 18.9 Å². The number of hydrogen-bond donors (Lipinski definition) is 1. The van der Waals surface area contributed by atoms with Crippen LogP contribution >= 0.6 is 0 Å². The summed E-state index contributed by atoms with van der Waals surface area (Å²) in [6.45, 7) is -0.00540. The molecule has 0 aliphatic carbocycles. The van der Waals surface area contributed by atoms with Crippen molar-refractivity contribution in [3.63, 3.8) is 0 Å². The molecule has 0 aromatic heterocycles. The fourth-order valence-corrected chi connectivity index (χ4v) is 1.41. The Morgan fingerprint density at radius 3 is 2.71 bits per heavy atom. The van der Waals surface area contributed by atoms with Crippen molar-refractivity contribution >= 4 is 5.91 Å². The molecule has 1 aliphatic heterocycles. The summed E-state index contributed by atoms with van der Waals surface area (Å²) < 4.78 is 28.9. The Kier molecular flexibility index (Phi) is 3.77. The van der Waals surface area contributed by atoms with Crippen LogP contribution in [0, 0.1) is 5.92 Å². The number of ether oxygens (including phenoxy) is 1. The molecular weight excluding hydrogens is 194 g/mol. The molecule has 2 atom stereocenters. The van der Waals surface area contributed by atoms with Crippen LogP contribution in [0.5, 0.6) is 0 Å². The van der Waals surface area contributed by atoms with Crippen molar-refractivity contribution in [1.82, 2.24) is 4.90 Å². The largest absolute Gasteiger partial charge is 0.379 e. The second-order valence-corrected chi connectivity index (χ2v) is 3.42. The first-order valence-corrected chi connectivity index (χ1v) is 4.39. The van der Waals surface area contributed by atoms with E-state index in [1.54, 1.807) is 0 Å². The van der Waals surface area contributed by atoms with Gasteiger partial charge in [-0.25, -0.2) is 8.78 Å². The molecule has 82 valence electrons. The van der Waals surface area contributed by atoms with Crippen molar-refractivity contribution in [3.05, 3.63) is 0 Å². The Labute approximate surface area is 81.0 Å². The quantitative estimate of drug-likeness (QED) is 0.691. The summed E-state index contributed by atoms with van der Waals surface area (Å²) in [6, 6.07) is -0.373. The van der Waals surface area contributed by atoms with Gasteiger partial charge in [0.05, 0.1) is 25.7 Å². The van der Waals surface area contributed by atoms with Crippen LogP contribution in [-0.2, 0) is 9.53 Å². The number of nitrogens with zero attached hydrogens (tertiary/aromatic N) is 1. The molecule has 0 aromatic rings. The molecule has 1 rings (SSSR count). The maximum Gasteiger partial charge on any atom is 0.255 e. The summed E-state index contributed by atoms with van der Waals surface area (Å²) >= 11 is 0. The van der Waals surface area contributed by atoms with E-state index in [4.69, 9.17) is 10.5 Å². The molecule has 4 nitrogen and oxygen atoms in total. The number of carbonyl (C=O) groups excluding carboxylic acids is 1. The van der Waals surface area contributed by atoms with Crippen LogP contribution in [0.1, 0.15) is 0 Å². The lowest BCUT2D eigenvalue weighted by Crippen LogP contribution is -2.43. The zero-order chi connectivity index (χ0) is 10.7. The van der Waals surface area contributed by atoms with Gasteiger partial charge in [-0.15, -0.1) is 0 Å². The van der Waals surface area contributed by atoms with Gasteiger partial charge in [0, 0.05) is 13.1 Å². The molecule has 2 unspecified atom stereocenters. The molecule has 1 saturated heterocycles. The zero-order valence-corrected chi connectivity index (χ0v) is 7.95. The van der Waals surface area contributed by atoms with Crippen molar-refractivity contribution in [3.8, 4) is 0 Å². The topological polar surface area (TPSA) is 55.6 Å². The fraction of sp³-hybridized carbons (Fsp3) is 0.875. The van der Waals surface area contributed by atoms with Gasteiger partial charge in [0.15, 0.2) is 0 Å². The molecular formula is C8H14F2N2O2. The van der Waals surface area contributed by atoms with Crippen LogP contribution in [0.2, 0.25) is 0 Å². The highest BCUT2D eigenvalue weighted by Gasteiger charge is 2.33. The van der Waals surface area contributed by atoms with Gasteiger partial charge >= 0.3 is 0 Å². The number of carbonyl (C=O) groups is 1. The third-order valence-electron chi connectivity index (χ3n) is 2.23. The van der Waals surface area contributed by atoms with E-state index in [0.717, 1.165) is 4.90 Å². The lowest BCUT2D eigenvalue weighted by Gasteiger charge is -2.21. The van der Waals surface area contributed by atoms with Crippen LogP contribution in [0.25, 0.3) is 0 Å². The predicted octanol–water partition coefficient (Wildman–Crippen LogP) is -0.316. The zero-order valence-electron chi connectivity index (χ0n) is 7.95. The lowest BCUT2D eigenvalue weighted by molar-refractivity contribution is -0.136. The van der Waals surface area contributed by atoms with Crippen molar-refractivity contribution in [2.75, 3.05) is 26.8 Å². The molecule has 0 saturated carbocycles. The number of rotatable bonds is 3. The fourth-order valence-electron chi connectivity index (χ4n) is 1.41. The van der Waals surface area contributed by atoms with Gasteiger partial charge in [-0.1, -0.05) is 0 Å². The molecule has 14 heavy (non-hydrogen) atoms. The summed E-state index contributed by atoms with van der Waals surface area (Å²) in [4.78, 5) is 12.5. The Morgan fingerprint density at radius 2 is 2.29 bits per heavy atom. The summed E-state index contributed by atoms with van der Waals surface area (Å²) in [5.74, 6) is -0.839. The van der Waals surface area contributed by atoms with Crippen molar-refractivity contribution in [1.29, 1.82) is 0 Å².